The Morgan fingerprint density at radius 1 is 0.951 bits per heavy atom. The number of carbonyl (C=O) groups excluding carboxylic acids is 2. The van der Waals surface area contributed by atoms with Gasteiger partial charge in [0, 0.05) is 10.7 Å². The predicted molar refractivity (Wildman–Crippen MR) is 164 cm³/mol. The lowest BCUT2D eigenvalue weighted by Crippen LogP contribution is -2.30. The predicted octanol–water partition coefficient (Wildman–Crippen LogP) is 6.67. The highest BCUT2D eigenvalue weighted by molar-refractivity contribution is 7.99. The van der Waals surface area contributed by atoms with E-state index in [0.29, 0.717) is 53.7 Å². The summed E-state index contributed by atoms with van der Waals surface area (Å²) in [4.78, 5) is 46.2. The van der Waals surface area contributed by atoms with Gasteiger partial charge in [0.1, 0.15) is 10.4 Å². The van der Waals surface area contributed by atoms with Crippen LogP contribution in [0.2, 0.25) is 5.02 Å². The van der Waals surface area contributed by atoms with Gasteiger partial charge in [0.2, 0.25) is 0 Å². The highest BCUT2D eigenvalue weighted by Gasteiger charge is 2.35. The largest absolute Gasteiger partial charge is 0.494 e. The molecule has 3 heterocycles. The van der Waals surface area contributed by atoms with Crippen molar-refractivity contribution in [3.05, 3.63) is 103 Å². The van der Waals surface area contributed by atoms with Crippen LogP contribution in [0.5, 0.6) is 5.75 Å². The zero-order valence-corrected chi connectivity index (χ0v) is 25.0. The van der Waals surface area contributed by atoms with Crippen molar-refractivity contribution >= 4 is 69.1 Å². The summed E-state index contributed by atoms with van der Waals surface area (Å²) < 4.78 is 9.62. The van der Waals surface area contributed by atoms with Crippen LogP contribution >= 0.6 is 46.9 Å². The number of fused-ring (bicyclic) bond motifs is 2. The van der Waals surface area contributed by atoms with Crippen LogP contribution in [0.4, 0.5) is 0 Å². The van der Waals surface area contributed by atoms with Crippen LogP contribution in [-0.4, -0.2) is 43.3 Å². The minimum atomic E-state index is -0.385. The lowest BCUT2D eigenvalue weighted by atomic mass is 10.1. The fourth-order valence-corrected chi connectivity index (χ4v) is 6.96. The summed E-state index contributed by atoms with van der Waals surface area (Å²) in [5.74, 6) is -0.140. The van der Waals surface area contributed by atoms with Gasteiger partial charge >= 0.3 is 0 Å². The second-order valence-corrected chi connectivity index (χ2v) is 12.1. The molecule has 1 aliphatic rings. The molecule has 2 amide bonds. The van der Waals surface area contributed by atoms with Gasteiger partial charge in [-0.2, -0.15) is 0 Å². The van der Waals surface area contributed by atoms with E-state index in [0.717, 1.165) is 27.9 Å². The molecular formula is C29H21ClN4O4S3. The summed E-state index contributed by atoms with van der Waals surface area (Å²) >= 11 is 14.2. The van der Waals surface area contributed by atoms with Gasteiger partial charge in [-0.25, -0.2) is 4.98 Å². The Hall–Kier alpha value is -3.77. The number of hydrogen-bond donors (Lipinski definition) is 0. The molecular weight excluding hydrogens is 600 g/mol. The van der Waals surface area contributed by atoms with E-state index < -0.39 is 0 Å². The first-order chi connectivity index (χ1) is 19.8. The molecule has 0 saturated carbocycles. The van der Waals surface area contributed by atoms with E-state index in [9.17, 15) is 14.4 Å². The van der Waals surface area contributed by atoms with Crippen molar-refractivity contribution in [1.29, 1.82) is 0 Å². The number of nitrogens with zero attached hydrogens (tertiary/aromatic N) is 4. The van der Waals surface area contributed by atoms with Gasteiger partial charge in [-0.3, -0.25) is 28.4 Å². The SMILES string of the molecule is CCOc1ccc(-n2c(SCN3C(=O)c4ccccc4C3=O)nc3c(sc(=S)n3-c3ccc(Cl)c(C)c3)c2=O)cc1. The standard InChI is InChI=1S/C29H21ClN4O4S3/c1-3-38-19-11-8-17(9-12-19)34-27(37)23-24(33(29(39)41-23)18-10-13-22(30)16(2)14-18)31-28(34)40-15-32-25(35)20-6-4-5-7-21(20)26(32)36/h4-14H,3,15H2,1-2H3. The monoisotopic (exact) mass is 620 g/mol. The number of ether oxygens (including phenoxy) is 1. The molecule has 8 nitrogen and oxygen atoms in total. The third-order valence-corrected chi connectivity index (χ3v) is 9.28. The molecule has 3 aromatic carbocycles. The molecule has 2 aromatic heterocycles. The van der Waals surface area contributed by atoms with E-state index >= 15 is 0 Å². The van der Waals surface area contributed by atoms with E-state index in [4.69, 9.17) is 33.5 Å². The van der Waals surface area contributed by atoms with Gasteiger partial charge in [-0.1, -0.05) is 46.8 Å². The van der Waals surface area contributed by atoms with Gasteiger partial charge in [-0.05, 0) is 86.2 Å². The number of thioether (sulfide) groups is 1. The highest BCUT2D eigenvalue weighted by Crippen LogP contribution is 2.31. The maximum atomic E-state index is 14.0. The van der Waals surface area contributed by atoms with Crippen molar-refractivity contribution in [3.63, 3.8) is 0 Å². The molecule has 0 N–H and O–H groups in total. The van der Waals surface area contributed by atoms with Crippen molar-refractivity contribution in [1.82, 2.24) is 19.0 Å². The molecule has 0 saturated heterocycles. The van der Waals surface area contributed by atoms with Crippen LogP contribution in [0.15, 0.2) is 76.7 Å². The number of carbonyl (C=O) groups is 2. The van der Waals surface area contributed by atoms with E-state index in [2.05, 4.69) is 0 Å². The molecule has 0 aliphatic carbocycles. The first-order valence-electron chi connectivity index (χ1n) is 12.5. The molecule has 0 unspecified atom stereocenters. The van der Waals surface area contributed by atoms with E-state index in [1.165, 1.54) is 15.9 Å². The molecule has 206 valence electrons. The van der Waals surface area contributed by atoms with E-state index in [1.807, 2.05) is 26.0 Å². The molecule has 0 bridgehead atoms. The Kier molecular flexibility index (Phi) is 7.28. The van der Waals surface area contributed by atoms with Crippen molar-refractivity contribution in [3.8, 4) is 17.1 Å². The smallest absolute Gasteiger partial charge is 0.278 e. The van der Waals surface area contributed by atoms with Gasteiger partial charge in [0.25, 0.3) is 17.4 Å². The number of amides is 2. The third kappa shape index (κ3) is 4.78. The summed E-state index contributed by atoms with van der Waals surface area (Å²) in [6.07, 6.45) is 0. The van der Waals surface area contributed by atoms with Crippen LogP contribution in [0.25, 0.3) is 21.7 Å². The number of aromatic nitrogens is 3. The molecule has 0 spiro atoms. The minimum absolute atomic E-state index is 0.0355. The van der Waals surface area contributed by atoms with Crippen LogP contribution < -0.4 is 10.3 Å². The zero-order chi connectivity index (χ0) is 28.8. The number of thiazole rings is 1. The van der Waals surface area contributed by atoms with Gasteiger partial charge in [0.15, 0.2) is 14.8 Å². The van der Waals surface area contributed by atoms with Gasteiger partial charge in [0.05, 0.1) is 29.3 Å². The van der Waals surface area contributed by atoms with Crippen molar-refractivity contribution < 1.29 is 14.3 Å². The van der Waals surface area contributed by atoms with Crippen LogP contribution in [-0.2, 0) is 0 Å². The van der Waals surface area contributed by atoms with E-state index in [-0.39, 0.29) is 23.3 Å². The van der Waals surface area contributed by atoms with Crippen molar-refractivity contribution in [2.75, 3.05) is 12.5 Å². The summed E-state index contributed by atoms with van der Waals surface area (Å²) in [6.45, 7) is 4.29. The number of halogens is 1. The fraction of sp³-hybridized carbons (Fsp3) is 0.138. The van der Waals surface area contributed by atoms with Gasteiger partial charge < -0.3 is 4.74 Å². The second kappa shape index (κ2) is 10.9. The average Bonchev–Trinajstić information content (AvgIpc) is 3.43. The van der Waals surface area contributed by atoms with Crippen LogP contribution in [0.3, 0.4) is 0 Å². The summed E-state index contributed by atoms with van der Waals surface area (Å²) in [5, 5.41) is 0.915. The number of benzene rings is 3. The third-order valence-electron chi connectivity index (χ3n) is 6.58. The molecule has 0 fully saturated rings. The number of rotatable bonds is 7. The maximum absolute atomic E-state index is 14.0. The topological polar surface area (TPSA) is 86.4 Å². The van der Waals surface area contributed by atoms with Crippen molar-refractivity contribution in [2.45, 2.75) is 19.0 Å². The van der Waals surface area contributed by atoms with Crippen LogP contribution in [0.1, 0.15) is 33.2 Å². The normalized spacial score (nSPS) is 12.8. The average molecular weight is 621 g/mol. The Morgan fingerprint density at radius 2 is 1.61 bits per heavy atom. The van der Waals surface area contributed by atoms with Crippen molar-refractivity contribution in [2.24, 2.45) is 0 Å². The molecule has 6 rings (SSSR count). The molecule has 41 heavy (non-hydrogen) atoms. The van der Waals surface area contributed by atoms with Gasteiger partial charge in [-0.15, -0.1) is 0 Å². The Balaban J connectivity index is 1.49. The number of hydrogen-bond acceptors (Lipinski definition) is 8. The quantitative estimate of drug-likeness (QED) is 0.0869. The number of imide groups is 1. The summed E-state index contributed by atoms with van der Waals surface area (Å²) in [6, 6.07) is 19.3. The molecule has 12 heteroatoms. The molecule has 1 aliphatic heterocycles. The summed E-state index contributed by atoms with van der Waals surface area (Å²) in [5.41, 5.74) is 2.93. The fourth-order valence-electron chi connectivity index (χ4n) is 4.59. The number of aryl methyl sites for hydroxylation is 1. The Bertz CT molecular complexity index is 1950. The lowest BCUT2D eigenvalue weighted by molar-refractivity contribution is 0.0684. The Labute approximate surface area is 252 Å². The first-order valence-corrected chi connectivity index (χ1v) is 15.1. The first kappa shape index (κ1) is 27.4. The minimum Gasteiger partial charge on any atom is -0.494 e. The van der Waals surface area contributed by atoms with E-state index in [1.54, 1.807) is 59.2 Å². The lowest BCUT2D eigenvalue weighted by Gasteiger charge is -2.16. The second-order valence-electron chi connectivity index (χ2n) is 9.11. The highest BCUT2D eigenvalue weighted by atomic mass is 35.5. The summed E-state index contributed by atoms with van der Waals surface area (Å²) in [7, 11) is 0. The van der Waals surface area contributed by atoms with Crippen LogP contribution in [0, 0.1) is 10.9 Å². The molecule has 5 aromatic rings. The molecule has 0 atom stereocenters. The molecule has 0 radical (unpaired) electrons. The zero-order valence-electron chi connectivity index (χ0n) is 21.8. The maximum Gasteiger partial charge on any atom is 0.278 e. The Morgan fingerprint density at radius 3 is 2.24 bits per heavy atom.